The summed E-state index contributed by atoms with van der Waals surface area (Å²) in [6.45, 7) is 6.70. The van der Waals surface area contributed by atoms with E-state index in [9.17, 15) is 4.79 Å². The van der Waals surface area contributed by atoms with Gasteiger partial charge in [-0.05, 0) is 42.7 Å². The summed E-state index contributed by atoms with van der Waals surface area (Å²) < 4.78 is 5.89. The normalized spacial score (nSPS) is 25.7. The Labute approximate surface area is 128 Å². The van der Waals surface area contributed by atoms with Crippen LogP contribution in [-0.4, -0.2) is 19.1 Å². The molecule has 3 heteroatoms. The Morgan fingerprint density at radius 2 is 2.00 bits per heavy atom. The molecule has 0 amide bonds. The lowest BCUT2D eigenvalue weighted by Crippen LogP contribution is -2.36. The van der Waals surface area contributed by atoms with Gasteiger partial charge in [-0.1, -0.05) is 39.3 Å². The molecular weight excluding hydrogens is 262 g/mol. The van der Waals surface area contributed by atoms with E-state index in [4.69, 9.17) is 4.74 Å². The minimum absolute atomic E-state index is 0.0474. The number of anilines is 1. The van der Waals surface area contributed by atoms with Crippen molar-refractivity contribution >= 4 is 11.7 Å². The van der Waals surface area contributed by atoms with Gasteiger partial charge >= 0.3 is 5.97 Å². The van der Waals surface area contributed by atoms with Crippen LogP contribution in [-0.2, 0) is 4.74 Å². The number of benzene rings is 1. The van der Waals surface area contributed by atoms with Gasteiger partial charge in [0.2, 0.25) is 0 Å². The monoisotopic (exact) mass is 289 g/mol. The van der Waals surface area contributed by atoms with Gasteiger partial charge < -0.3 is 10.1 Å². The van der Waals surface area contributed by atoms with E-state index in [-0.39, 0.29) is 12.1 Å². The third-order valence-corrected chi connectivity index (χ3v) is 4.64. The molecule has 1 aromatic rings. The van der Waals surface area contributed by atoms with Crippen LogP contribution >= 0.6 is 0 Å². The maximum atomic E-state index is 12.5. The number of hydrogen-bond acceptors (Lipinski definition) is 3. The molecule has 1 saturated carbocycles. The Balaban J connectivity index is 2.12. The highest BCUT2D eigenvalue weighted by Gasteiger charge is 2.33. The van der Waals surface area contributed by atoms with Crippen molar-refractivity contribution < 1.29 is 9.53 Å². The van der Waals surface area contributed by atoms with E-state index in [1.807, 2.05) is 31.3 Å². The van der Waals surface area contributed by atoms with Gasteiger partial charge in [0.15, 0.2) is 0 Å². The first-order valence-corrected chi connectivity index (χ1v) is 8.00. The molecule has 0 aliphatic heterocycles. The third-order valence-electron chi connectivity index (χ3n) is 4.64. The fourth-order valence-electron chi connectivity index (χ4n) is 3.33. The van der Waals surface area contributed by atoms with Gasteiger partial charge in [0.25, 0.3) is 0 Å². The minimum Gasteiger partial charge on any atom is -0.458 e. The van der Waals surface area contributed by atoms with Crippen molar-refractivity contribution in [1.82, 2.24) is 0 Å². The quantitative estimate of drug-likeness (QED) is 0.838. The standard InChI is InChI=1S/C18H27NO2/c1-12(2)14-10-9-13(3)11-17(14)21-18(20)15-7-5-6-8-16(15)19-4/h5-8,12-14,17,19H,9-11H2,1-4H3. The predicted octanol–water partition coefficient (Wildman–Crippen LogP) is 4.35. The average molecular weight is 289 g/mol. The van der Waals surface area contributed by atoms with Crippen molar-refractivity contribution in [3.63, 3.8) is 0 Å². The van der Waals surface area contributed by atoms with Crippen LogP contribution in [0.25, 0.3) is 0 Å². The van der Waals surface area contributed by atoms with Crippen LogP contribution in [0.4, 0.5) is 5.69 Å². The average Bonchev–Trinajstić information content (AvgIpc) is 2.46. The largest absolute Gasteiger partial charge is 0.458 e. The van der Waals surface area contributed by atoms with E-state index in [1.54, 1.807) is 0 Å². The molecule has 116 valence electrons. The van der Waals surface area contributed by atoms with Crippen molar-refractivity contribution in [3.05, 3.63) is 29.8 Å². The molecular formula is C18H27NO2. The summed E-state index contributed by atoms with van der Waals surface area (Å²) in [5.41, 5.74) is 1.45. The van der Waals surface area contributed by atoms with E-state index in [2.05, 4.69) is 26.1 Å². The van der Waals surface area contributed by atoms with Crippen LogP contribution in [0, 0.1) is 17.8 Å². The van der Waals surface area contributed by atoms with Crippen LogP contribution in [0.3, 0.4) is 0 Å². The summed E-state index contributed by atoms with van der Waals surface area (Å²) in [5, 5.41) is 3.06. The summed E-state index contributed by atoms with van der Waals surface area (Å²) in [5.74, 6) is 1.46. The zero-order valence-electron chi connectivity index (χ0n) is 13.6. The Bertz CT molecular complexity index is 484. The Morgan fingerprint density at radius 3 is 2.67 bits per heavy atom. The Hall–Kier alpha value is -1.51. The highest BCUT2D eigenvalue weighted by Crippen LogP contribution is 2.36. The molecule has 0 heterocycles. The molecule has 3 unspecified atom stereocenters. The maximum Gasteiger partial charge on any atom is 0.340 e. The molecule has 0 radical (unpaired) electrons. The third kappa shape index (κ3) is 3.78. The van der Waals surface area contributed by atoms with E-state index < -0.39 is 0 Å². The number of para-hydroxylation sites is 1. The first-order chi connectivity index (χ1) is 10.0. The zero-order chi connectivity index (χ0) is 15.4. The van der Waals surface area contributed by atoms with Crippen molar-refractivity contribution in [2.75, 3.05) is 12.4 Å². The number of carbonyl (C=O) groups is 1. The highest BCUT2D eigenvalue weighted by atomic mass is 16.5. The zero-order valence-corrected chi connectivity index (χ0v) is 13.6. The van der Waals surface area contributed by atoms with Gasteiger partial charge in [-0.2, -0.15) is 0 Å². The van der Waals surface area contributed by atoms with Crippen LogP contribution in [0.15, 0.2) is 24.3 Å². The van der Waals surface area contributed by atoms with Crippen LogP contribution in [0.2, 0.25) is 0 Å². The second-order valence-electron chi connectivity index (χ2n) is 6.57. The molecule has 1 aromatic carbocycles. The van der Waals surface area contributed by atoms with Crippen molar-refractivity contribution in [2.24, 2.45) is 17.8 Å². The SMILES string of the molecule is CNc1ccccc1C(=O)OC1CC(C)CCC1C(C)C. The van der Waals surface area contributed by atoms with Gasteiger partial charge in [0.1, 0.15) is 6.10 Å². The number of rotatable bonds is 4. The summed E-state index contributed by atoms with van der Waals surface area (Å²) in [7, 11) is 1.83. The fourth-order valence-corrected chi connectivity index (χ4v) is 3.33. The molecule has 0 saturated heterocycles. The van der Waals surface area contributed by atoms with Gasteiger partial charge in [-0.25, -0.2) is 4.79 Å². The van der Waals surface area contributed by atoms with Gasteiger partial charge in [0, 0.05) is 12.7 Å². The minimum atomic E-state index is -0.204. The van der Waals surface area contributed by atoms with Gasteiger partial charge in [-0.15, -0.1) is 0 Å². The van der Waals surface area contributed by atoms with E-state index in [0.29, 0.717) is 23.3 Å². The lowest BCUT2D eigenvalue weighted by Gasteiger charge is -2.36. The fraction of sp³-hybridized carbons (Fsp3) is 0.611. The molecule has 1 N–H and O–H groups in total. The second-order valence-corrected chi connectivity index (χ2v) is 6.57. The first kappa shape index (κ1) is 15.9. The van der Waals surface area contributed by atoms with Crippen LogP contribution in [0.1, 0.15) is 50.4 Å². The second kappa shape index (κ2) is 6.97. The number of carbonyl (C=O) groups excluding carboxylic acids is 1. The van der Waals surface area contributed by atoms with Crippen molar-refractivity contribution in [1.29, 1.82) is 0 Å². The molecule has 0 aromatic heterocycles. The first-order valence-electron chi connectivity index (χ1n) is 8.00. The lowest BCUT2D eigenvalue weighted by molar-refractivity contribution is -0.0173. The molecule has 3 atom stereocenters. The number of ether oxygens (including phenoxy) is 1. The van der Waals surface area contributed by atoms with E-state index in [1.165, 1.54) is 6.42 Å². The topological polar surface area (TPSA) is 38.3 Å². The highest BCUT2D eigenvalue weighted by molar-refractivity contribution is 5.95. The summed E-state index contributed by atoms with van der Waals surface area (Å²) in [4.78, 5) is 12.5. The molecule has 0 bridgehead atoms. The van der Waals surface area contributed by atoms with Crippen molar-refractivity contribution in [2.45, 2.75) is 46.1 Å². The molecule has 2 rings (SSSR count). The van der Waals surface area contributed by atoms with Crippen LogP contribution < -0.4 is 5.32 Å². The number of nitrogens with one attached hydrogen (secondary N) is 1. The van der Waals surface area contributed by atoms with E-state index in [0.717, 1.165) is 18.5 Å². The summed E-state index contributed by atoms with van der Waals surface area (Å²) in [6, 6.07) is 7.52. The van der Waals surface area contributed by atoms with Crippen molar-refractivity contribution in [3.8, 4) is 0 Å². The van der Waals surface area contributed by atoms with E-state index >= 15 is 0 Å². The predicted molar refractivity (Wildman–Crippen MR) is 86.5 cm³/mol. The van der Waals surface area contributed by atoms with Gasteiger partial charge in [-0.3, -0.25) is 0 Å². The molecule has 1 aliphatic carbocycles. The van der Waals surface area contributed by atoms with Gasteiger partial charge in [0.05, 0.1) is 5.56 Å². The van der Waals surface area contributed by atoms with Crippen LogP contribution in [0.5, 0.6) is 0 Å². The summed E-state index contributed by atoms with van der Waals surface area (Å²) >= 11 is 0. The molecule has 1 aliphatic rings. The number of hydrogen-bond donors (Lipinski definition) is 1. The molecule has 21 heavy (non-hydrogen) atoms. The Morgan fingerprint density at radius 1 is 1.29 bits per heavy atom. The Kier molecular flexibility index (Phi) is 5.27. The molecule has 0 spiro atoms. The molecule has 1 fully saturated rings. The number of esters is 1. The molecule has 3 nitrogen and oxygen atoms in total. The summed E-state index contributed by atoms with van der Waals surface area (Å²) in [6.07, 6.45) is 3.43. The smallest absolute Gasteiger partial charge is 0.340 e. The maximum absolute atomic E-state index is 12.5. The lowest BCUT2D eigenvalue weighted by atomic mass is 9.75.